The van der Waals surface area contributed by atoms with Crippen LogP contribution in [0, 0.1) is 0 Å². The van der Waals surface area contributed by atoms with E-state index in [0.717, 1.165) is 34.1 Å². The Labute approximate surface area is 184 Å². The number of nitrogens with one attached hydrogen (secondary N) is 1. The molecule has 1 heterocycles. The molecule has 1 aromatic heterocycles. The van der Waals surface area contributed by atoms with Crippen molar-refractivity contribution < 1.29 is 9.84 Å². The van der Waals surface area contributed by atoms with Gasteiger partial charge >= 0.3 is 0 Å². The molecule has 1 unspecified atom stereocenters. The number of benzene rings is 1. The first-order valence-electron chi connectivity index (χ1n) is 8.09. The Bertz CT molecular complexity index is 711. The average molecular weight is 554 g/mol. The third-order valence-electron chi connectivity index (χ3n) is 3.61. The summed E-state index contributed by atoms with van der Waals surface area (Å²) in [5, 5.41) is 13.7. The van der Waals surface area contributed by atoms with Crippen molar-refractivity contribution in [2.24, 2.45) is 4.99 Å². The molecule has 0 radical (unpaired) electrons. The minimum absolute atomic E-state index is 0. The van der Waals surface area contributed by atoms with E-state index in [1.54, 1.807) is 18.4 Å². The molecule has 144 valence electrons. The van der Waals surface area contributed by atoms with Gasteiger partial charge in [0.2, 0.25) is 0 Å². The van der Waals surface area contributed by atoms with Gasteiger partial charge in [-0.3, -0.25) is 4.99 Å². The predicted molar refractivity (Wildman–Crippen MR) is 123 cm³/mol. The number of nitrogens with zero attached hydrogens (tertiary/aromatic N) is 2. The number of rotatable bonds is 7. The summed E-state index contributed by atoms with van der Waals surface area (Å²) in [6, 6.07) is 11.6. The Morgan fingerprint density at radius 1 is 1.38 bits per heavy atom. The predicted octanol–water partition coefficient (Wildman–Crippen LogP) is 4.27. The molecule has 0 aliphatic heterocycles. The molecule has 0 aliphatic carbocycles. The van der Waals surface area contributed by atoms with Crippen molar-refractivity contribution in [2.45, 2.75) is 19.6 Å². The zero-order valence-electron chi connectivity index (χ0n) is 15.1. The molecule has 26 heavy (non-hydrogen) atoms. The minimum Gasteiger partial charge on any atom is -0.497 e. The van der Waals surface area contributed by atoms with Crippen molar-refractivity contribution in [3.8, 4) is 5.75 Å². The smallest absolute Gasteiger partial charge is 0.194 e. The Hall–Kier alpha value is -0.840. The number of aliphatic hydroxyl groups is 1. The van der Waals surface area contributed by atoms with E-state index in [1.807, 2.05) is 44.3 Å². The molecule has 0 saturated heterocycles. The van der Waals surface area contributed by atoms with E-state index in [2.05, 4.69) is 37.2 Å². The maximum absolute atomic E-state index is 10.4. The Balaban J connectivity index is 0.00000338. The summed E-state index contributed by atoms with van der Waals surface area (Å²) < 4.78 is 6.32. The van der Waals surface area contributed by atoms with Gasteiger partial charge in [-0.1, -0.05) is 12.1 Å². The summed E-state index contributed by atoms with van der Waals surface area (Å²) in [5.41, 5.74) is 0.795. The van der Waals surface area contributed by atoms with Gasteiger partial charge < -0.3 is 20.1 Å². The summed E-state index contributed by atoms with van der Waals surface area (Å²) in [5.74, 6) is 1.50. The lowest BCUT2D eigenvalue weighted by molar-refractivity contribution is 0.186. The van der Waals surface area contributed by atoms with E-state index in [1.165, 1.54) is 4.88 Å². The highest BCUT2D eigenvalue weighted by molar-refractivity contribution is 14.0. The number of guanidine groups is 1. The lowest BCUT2D eigenvalue weighted by atomic mass is 10.1. The van der Waals surface area contributed by atoms with Gasteiger partial charge in [0.15, 0.2) is 5.96 Å². The van der Waals surface area contributed by atoms with Gasteiger partial charge in [-0.25, -0.2) is 0 Å². The molecule has 2 N–H and O–H groups in total. The van der Waals surface area contributed by atoms with Crippen LogP contribution in [0.5, 0.6) is 5.75 Å². The van der Waals surface area contributed by atoms with Gasteiger partial charge in [-0.05, 0) is 52.7 Å². The van der Waals surface area contributed by atoms with Crippen molar-refractivity contribution in [2.75, 3.05) is 27.2 Å². The van der Waals surface area contributed by atoms with Crippen LogP contribution in [0.25, 0.3) is 0 Å². The zero-order valence-corrected chi connectivity index (χ0v) is 19.8. The molecule has 0 aliphatic rings. The Kier molecular flexibility index (Phi) is 10.5. The molecule has 1 aromatic carbocycles. The maximum atomic E-state index is 10.4. The molecule has 0 fully saturated rings. The number of aliphatic hydroxyl groups excluding tert-OH is 1. The molecule has 2 aromatic rings. The van der Waals surface area contributed by atoms with Gasteiger partial charge in [-0.15, -0.1) is 35.3 Å². The van der Waals surface area contributed by atoms with E-state index in [-0.39, 0.29) is 30.5 Å². The molecule has 0 spiro atoms. The van der Waals surface area contributed by atoms with Crippen LogP contribution in [-0.2, 0) is 6.54 Å². The van der Waals surface area contributed by atoms with E-state index in [9.17, 15) is 5.11 Å². The van der Waals surface area contributed by atoms with Crippen LogP contribution in [0.3, 0.4) is 0 Å². The maximum Gasteiger partial charge on any atom is 0.194 e. The van der Waals surface area contributed by atoms with Crippen molar-refractivity contribution >= 4 is 57.2 Å². The average Bonchev–Trinajstić information content (AvgIpc) is 3.03. The van der Waals surface area contributed by atoms with Gasteiger partial charge in [0.25, 0.3) is 0 Å². The van der Waals surface area contributed by atoms with Crippen molar-refractivity contribution in [3.63, 3.8) is 0 Å². The minimum atomic E-state index is -0.673. The summed E-state index contributed by atoms with van der Waals surface area (Å²) in [4.78, 5) is 7.88. The SMILES string of the molecule is CCNC(=NCC(O)c1cccc(OC)c1)N(C)Cc1ccc(Br)s1.I. The second-order valence-electron chi connectivity index (χ2n) is 5.55. The number of hydrogen-bond acceptors (Lipinski definition) is 4. The van der Waals surface area contributed by atoms with Gasteiger partial charge in [0.1, 0.15) is 5.75 Å². The highest BCUT2D eigenvalue weighted by Gasteiger charge is 2.11. The second kappa shape index (κ2) is 11.8. The Morgan fingerprint density at radius 2 is 2.15 bits per heavy atom. The van der Waals surface area contributed by atoms with Crippen molar-refractivity contribution in [1.29, 1.82) is 0 Å². The topological polar surface area (TPSA) is 57.1 Å². The quantitative estimate of drug-likeness (QED) is 0.305. The number of aliphatic imine (C=N–C) groups is 1. The number of ether oxygens (including phenoxy) is 1. The first kappa shape index (κ1) is 23.2. The normalized spacial score (nSPS) is 12.3. The fourth-order valence-corrected chi connectivity index (χ4v) is 3.88. The largest absolute Gasteiger partial charge is 0.497 e. The second-order valence-corrected chi connectivity index (χ2v) is 8.10. The van der Waals surface area contributed by atoms with Gasteiger partial charge in [0, 0.05) is 18.5 Å². The standard InChI is InChI=1S/C18H24BrN3O2S.HI/c1-4-20-18(22(2)12-15-8-9-17(19)25-15)21-11-16(23)13-6-5-7-14(10-13)24-3;/h5-10,16,23H,4,11-12H2,1-3H3,(H,20,21);1H. The molecule has 0 saturated carbocycles. The molecule has 2 rings (SSSR count). The highest BCUT2D eigenvalue weighted by Crippen LogP contribution is 2.23. The van der Waals surface area contributed by atoms with Crippen LogP contribution in [0.15, 0.2) is 45.2 Å². The summed E-state index contributed by atoms with van der Waals surface area (Å²) in [6.07, 6.45) is -0.673. The number of thiophene rings is 1. The highest BCUT2D eigenvalue weighted by atomic mass is 127. The van der Waals surface area contributed by atoms with Crippen LogP contribution in [0.1, 0.15) is 23.5 Å². The number of methoxy groups -OCH3 is 1. The number of halogens is 2. The summed E-state index contributed by atoms with van der Waals surface area (Å²) in [6.45, 7) is 3.85. The van der Waals surface area contributed by atoms with Crippen LogP contribution < -0.4 is 10.1 Å². The van der Waals surface area contributed by atoms with Crippen molar-refractivity contribution in [1.82, 2.24) is 10.2 Å². The van der Waals surface area contributed by atoms with Crippen LogP contribution in [-0.4, -0.2) is 43.2 Å². The molecular formula is C18H25BrIN3O2S. The third-order valence-corrected chi connectivity index (χ3v) is 5.22. The van der Waals surface area contributed by atoms with E-state index >= 15 is 0 Å². The van der Waals surface area contributed by atoms with Crippen LogP contribution in [0.4, 0.5) is 0 Å². The lowest BCUT2D eigenvalue weighted by Gasteiger charge is -2.22. The third kappa shape index (κ3) is 7.05. The van der Waals surface area contributed by atoms with Gasteiger partial charge in [-0.2, -0.15) is 0 Å². The fraction of sp³-hybridized carbons (Fsp3) is 0.389. The Morgan fingerprint density at radius 3 is 2.77 bits per heavy atom. The monoisotopic (exact) mass is 553 g/mol. The molecule has 1 atom stereocenters. The van der Waals surface area contributed by atoms with Crippen LogP contribution in [0.2, 0.25) is 0 Å². The van der Waals surface area contributed by atoms with Crippen molar-refractivity contribution in [3.05, 3.63) is 50.6 Å². The molecule has 0 bridgehead atoms. The molecule has 0 amide bonds. The van der Waals surface area contributed by atoms with Crippen LogP contribution >= 0.6 is 51.2 Å². The van der Waals surface area contributed by atoms with E-state index in [4.69, 9.17) is 4.74 Å². The number of hydrogen-bond donors (Lipinski definition) is 2. The fourth-order valence-electron chi connectivity index (χ4n) is 2.34. The summed E-state index contributed by atoms with van der Waals surface area (Å²) in [7, 11) is 3.61. The van der Waals surface area contributed by atoms with E-state index < -0.39 is 6.10 Å². The summed E-state index contributed by atoms with van der Waals surface area (Å²) >= 11 is 5.19. The first-order valence-corrected chi connectivity index (χ1v) is 9.70. The zero-order chi connectivity index (χ0) is 18.2. The molecule has 8 heteroatoms. The van der Waals surface area contributed by atoms with Gasteiger partial charge in [0.05, 0.1) is 30.1 Å². The molecular weight excluding hydrogens is 529 g/mol. The van der Waals surface area contributed by atoms with E-state index in [0.29, 0.717) is 0 Å². The lowest BCUT2D eigenvalue weighted by Crippen LogP contribution is -2.38. The first-order chi connectivity index (χ1) is 12.0. The molecule has 5 nitrogen and oxygen atoms in total.